The Morgan fingerprint density at radius 2 is 1.50 bits per heavy atom. The number of hydrogen-bond acceptors (Lipinski definition) is 2. The lowest BCUT2D eigenvalue weighted by Gasteiger charge is -2.11. The molecule has 0 spiro atoms. The van der Waals surface area contributed by atoms with Gasteiger partial charge in [-0.05, 0) is 30.2 Å². The Hall–Kier alpha value is -4.12. The average Bonchev–Trinajstić information content (AvgIpc) is 3.28. The summed E-state index contributed by atoms with van der Waals surface area (Å²) in [7, 11) is 0. The molecule has 1 fully saturated rings. The van der Waals surface area contributed by atoms with Gasteiger partial charge in [-0.15, -0.1) is 0 Å². The van der Waals surface area contributed by atoms with E-state index in [0.29, 0.717) is 5.70 Å². The van der Waals surface area contributed by atoms with Crippen molar-refractivity contribution in [3.63, 3.8) is 0 Å². The molecule has 1 N–H and O–H groups in total. The molecule has 0 unspecified atom stereocenters. The van der Waals surface area contributed by atoms with Crippen LogP contribution >= 0.6 is 0 Å². The van der Waals surface area contributed by atoms with E-state index < -0.39 is 6.03 Å². The van der Waals surface area contributed by atoms with Crippen molar-refractivity contribution in [2.45, 2.75) is 20.0 Å². The normalized spacial score (nSPS) is 15.0. The van der Waals surface area contributed by atoms with E-state index in [9.17, 15) is 9.59 Å². The molecule has 32 heavy (non-hydrogen) atoms. The van der Waals surface area contributed by atoms with Crippen LogP contribution < -0.4 is 5.32 Å². The number of nitrogens with zero attached hydrogens (tertiary/aromatic N) is 2. The highest BCUT2D eigenvalue weighted by molar-refractivity contribution is 6.14. The Morgan fingerprint density at radius 3 is 2.28 bits per heavy atom. The third kappa shape index (κ3) is 3.81. The Labute approximate surface area is 186 Å². The van der Waals surface area contributed by atoms with Gasteiger partial charge in [0.05, 0.1) is 6.54 Å². The van der Waals surface area contributed by atoms with Gasteiger partial charge in [0.1, 0.15) is 5.70 Å². The third-order valence-corrected chi connectivity index (χ3v) is 5.74. The van der Waals surface area contributed by atoms with Crippen molar-refractivity contribution in [1.82, 2.24) is 14.8 Å². The summed E-state index contributed by atoms with van der Waals surface area (Å²) in [4.78, 5) is 26.7. The number of urea groups is 1. The highest BCUT2D eigenvalue weighted by Gasteiger charge is 2.33. The van der Waals surface area contributed by atoms with Crippen molar-refractivity contribution in [2.24, 2.45) is 0 Å². The standard InChI is InChI=1S/C27H23N3O2/c1-19-11-13-21(14-12-19)16-29-18-22(23-9-5-6-10-25(23)29)15-24-26(31)30(27(32)28-24)17-20-7-3-2-4-8-20/h2-15,18H,16-17H2,1H3,(H,28,32)/b24-15-. The summed E-state index contributed by atoms with van der Waals surface area (Å²) in [5, 5.41) is 3.78. The molecule has 5 heteroatoms. The summed E-state index contributed by atoms with van der Waals surface area (Å²) in [5.41, 5.74) is 5.62. The summed E-state index contributed by atoms with van der Waals surface area (Å²) < 4.78 is 2.18. The van der Waals surface area contributed by atoms with Crippen molar-refractivity contribution >= 4 is 28.9 Å². The predicted octanol–water partition coefficient (Wildman–Crippen LogP) is 5.09. The maximum atomic E-state index is 13.0. The maximum Gasteiger partial charge on any atom is 0.329 e. The molecule has 158 valence electrons. The van der Waals surface area contributed by atoms with Crippen LogP contribution in [0.2, 0.25) is 0 Å². The predicted molar refractivity (Wildman–Crippen MR) is 126 cm³/mol. The number of rotatable bonds is 5. The second-order valence-corrected chi connectivity index (χ2v) is 8.08. The fraction of sp³-hybridized carbons (Fsp3) is 0.111. The fourth-order valence-corrected chi connectivity index (χ4v) is 4.05. The van der Waals surface area contributed by atoms with E-state index in [1.54, 1.807) is 6.08 Å². The van der Waals surface area contributed by atoms with Crippen molar-refractivity contribution in [3.8, 4) is 0 Å². The lowest BCUT2D eigenvalue weighted by molar-refractivity contribution is -0.123. The van der Waals surface area contributed by atoms with Crippen LogP contribution in [0.4, 0.5) is 4.79 Å². The Balaban J connectivity index is 1.46. The first-order chi connectivity index (χ1) is 15.6. The van der Waals surface area contributed by atoms with Crippen LogP contribution in [-0.4, -0.2) is 21.4 Å². The van der Waals surface area contributed by atoms with E-state index in [1.807, 2.05) is 54.7 Å². The fourth-order valence-electron chi connectivity index (χ4n) is 4.05. The second-order valence-electron chi connectivity index (χ2n) is 8.08. The number of carbonyl (C=O) groups is 2. The molecule has 0 saturated carbocycles. The van der Waals surface area contributed by atoms with E-state index in [1.165, 1.54) is 16.0 Å². The molecule has 0 aliphatic carbocycles. The number of carbonyl (C=O) groups excluding carboxylic acids is 2. The van der Waals surface area contributed by atoms with Crippen molar-refractivity contribution in [1.29, 1.82) is 0 Å². The molecule has 2 heterocycles. The van der Waals surface area contributed by atoms with Crippen LogP contribution in [-0.2, 0) is 17.9 Å². The van der Waals surface area contributed by atoms with E-state index >= 15 is 0 Å². The molecule has 1 saturated heterocycles. The molecule has 3 amide bonds. The van der Waals surface area contributed by atoms with Crippen molar-refractivity contribution < 1.29 is 9.59 Å². The highest BCUT2D eigenvalue weighted by Crippen LogP contribution is 2.26. The van der Waals surface area contributed by atoms with Gasteiger partial charge in [-0.1, -0.05) is 78.4 Å². The van der Waals surface area contributed by atoms with Gasteiger partial charge in [-0.3, -0.25) is 9.69 Å². The van der Waals surface area contributed by atoms with Crippen LogP contribution in [0.3, 0.4) is 0 Å². The first-order valence-electron chi connectivity index (χ1n) is 10.6. The number of hydrogen-bond donors (Lipinski definition) is 1. The van der Waals surface area contributed by atoms with E-state index in [4.69, 9.17) is 0 Å². The lowest BCUT2D eigenvalue weighted by atomic mass is 10.1. The topological polar surface area (TPSA) is 54.3 Å². The van der Waals surface area contributed by atoms with E-state index in [2.05, 4.69) is 47.1 Å². The lowest BCUT2D eigenvalue weighted by Crippen LogP contribution is -2.30. The highest BCUT2D eigenvalue weighted by atomic mass is 16.2. The monoisotopic (exact) mass is 421 g/mol. The molecule has 1 aliphatic heterocycles. The molecular formula is C27H23N3O2. The smallest absolute Gasteiger partial charge is 0.329 e. The number of amides is 3. The SMILES string of the molecule is Cc1ccc(Cn2cc(/C=C3\NC(=O)N(Cc4ccccc4)C3=O)c3ccccc32)cc1. The summed E-state index contributed by atoms with van der Waals surface area (Å²) in [6.45, 7) is 3.05. The molecule has 0 bridgehead atoms. The second kappa shape index (κ2) is 8.19. The molecule has 5 rings (SSSR count). The van der Waals surface area contributed by atoms with Gasteiger partial charge >= 0.3 is 6.03 Å². The summed E-state index contributed by atoms with van der Waals surface area (Å²) >= 11 is 0. The number of para-hydroxylation sites is 1. The average molecular weight is 422 g/mol. The summed E-state index contributed by atoms with van der Waals surface area (Å²) in [6.07, 6.45) is 3.82. The Morgan fingerprint density at radius 1 is 0.812 bits per heavy atom. The summed E-state index contributed by atoms with van der Waals surface area (Å²) in [5.74, 6) is -0.311. The number of benzene rings is 3. The van der Waals surface area contributed by atoms with Crippen molar-refractivity contribution in [3.05, 3.63) is 113 Å². The molecule has 0 atom stereocenters. The first kappa shape index (κ1) is 19.8. The van der Waals surface area contributed by atoms with Crippen LogP contribution in [0.15, 0.2) is 90.8 Å². The number of nitrogens with one attached hydrogen (secondary N) is 1. The largest absolute Gasteiger partial charge is 0.342 e. The van der Waals surface area contributed by atoms with E-state index in [-0.39, 0.29) is 12.5 Å². The molecular weight excluding hydrogens is 398 g/mol. The van der Waals surface area contributed by atoms with Gasteiger partial charge in [-0.25, -0.2) is 4.79 Å². The first-order valence-corrected chi connectivity index (χ1v) is 10.6. The molecule has 4 aromatic rings. The van der Waals surface area contributed by atoms with Gasteiger partial charge in [0, 0.05) is 29.2 Å². The zero-order valence-corrected chi connectivity index (χ0v) is 17.8. The zero-order valence-electron chi connectivity index (χ0n) is 17.8. The van der Waals surface area contributed by atoms with Gasteiger partial charge < -0.3 is 9.88 Å². The minimum atomic E-state index is -0.395. The molecule has 0 radical (unpaired) electrons. The zero-order chi connectivity index (χ0) is 22.1. The quantitative estimate of drug-likeness (QED) is 0.360. The van der Waals surface area contributed by atoms with Crippen LogP contribution in [0.5, 0.6) is 0 Å². The van der Waals surface area contributed by atoms with Gasteiger partial charge in [0.15, 0.2) is 0 Å². The molecule has 3 aromatic carbocycles. The maximum absolute atomic E-state index is 13.0. The number of imide groups is 1. The molecule has 5 nitrogen and oxygen atoms in total. The number of aromatic nitrogens is 1. The summed E-state index contributed by atoms with van der Waals surface area (Å²) in [6, 6.07) is 25.7. The van der Waals surface area contributed by atoms with Crippen LogP contribution in [0.1, 0.15) is 22.3 Å². The van der Waals surface area contributed by atoms with Crippen LogP contribution in [0, 0.1) is 6.92 Å². The minimum Gasteiger partial charge on any atom is -0.342 e. The minimum absolute atomic E-state index is 0.248. The molecule has 1 aliphatic rings. The Bertz CT molecular complexity index is 1330. The van der Waals surface area contributed by atoms with Gasteiger partial charge in [0.2, 0.25) is 0 Å². The molecule has 1 aromatic heterocycles. The third-order valence-electron chi connectivity index (χ3n) is 5.74. The van der Waals surface area contributed by atoms with E-state index in [0.717, 1.165) is 28.6 Å². The number of aryl methyl sites for hydroxylation is 1. The van der Waals surface area contributed by atoms with Gasteiger partial charge in [0.25, 0.3) is 5.91 Å². The van der Waals surface area contributed by atoms with Crippen LogP contribution in [0.25, 0.3) is 17.0 Å². The Kier molecular flexibility index (Phi) is 5.07. The number of fused-ring (bicyclic) bond motifs is 1. The van der Waals surface area contributed by atoms with Crippen molar-refractivity contribution in [2.75, 3.05) is 0 Å². The van der Waals surface area contributed by atoms with Gasteiger partial charge in [-0.2, -0.15) is 0 Å².